The van der Waals surface area contributed by atoms with E-state index < -0.39 is 11.1 Å². The molecule has 0 saturated carbocycles. The summed E-state index contributed by atoms with van der Waals surface area (Å²) in [5.41, 5.74) is -0.0993. The van der Waals surface area contributed by atoms with E-state index in [9.17, 15) is 14.9 Å². The molecule has 0 saturated heterocycles. The molecular weight excluding hydrogens is 290 g/mol. The summed E-state index contributed by atoms with van der Waals surface area (Å²) in [5.74, 6) is 0.161. The van der Waals surface area contributed by atoms with Crippen LogP contribution in [0.4, 0.5) is 10.5 Å². The Hall–Kier alpha value is -3.35. The Morgan fingerprint density at radius 3 is 2.50 bits per heavy atom. The SMILES string of the molecule is O=C(Oc1ccc([N+](=O)[O-])cc1)Oc1occ2ccccc12. The average Bonchev–Trinajstić information content (AvgIpc) is 2.91. The van der Waals surface area contributed by atoms with Crippen molar-refractivity contribution in [3.05, 3.63) is 64.9 Å². The van der Waals surface area contributed by atoms with E-state index in [1.807, 2.05) is 12.1 Å². The Bertz CT molecular complexity index is 837. The van der Waals surface area contributed by atoms with Crippen LogP contribution in [0.5, 0.6) is 11.7 Å². The Labute approximate surface area is 123 Å². The van der Waals surface area contributed by atoms with E-state index in [1.54, 1.807) is 12.1 Å². The van der Waals surface area contributed by atoms with Gasteiger partial charge < -0.3 is 13.9 Å². The molecule has 0 atom stereocenters. The number of carbonyl (C=O) groups excluding carboxylic acids is 1. The summed E-state index contributed by atoms with van der Waals surface area (Å²) < 4.78 is 15.1. The van der Waals surface area contributed by atoms with Crippen molar-refractivity contribution in [3.8, 4) is 11.7 Å². The van der Waals surface area contributed by atoms with Crippen LogP contribution in [0.25, 0.3) is 10.8 Å². The van der Waals surface area contributed by atoms with Gasteiger partial charge in [0.1, 0.15) is 12.0 Å². The summed E-state index contributed by atoms with van der Waals surface area (Å²) in [6, 6.07) is 12.2. The number of nitro benzene ring substituents is 1. The molecule has 0 bridgehead atoms. The molecule has 0 aliphatic carbocycles. The molecule has 3 rings (SSSR count). The number of furan rings is 1. The molecule has 0 radical (unpaired) electrons. The Morgan fingerprint density at radius 1 is 1.05 bits per heavy atom. The smallest absolute Gasteiger partial charge is 0.433 e. The van der Waals surface area contributed by atoms with E-state index in [4.69, 9.17) is 13.9 Å². The maximum Gasteiger partial charge on any atom is 0.521 e. The summed E-state index contributed by atoms with van der Waals surface area (Å²) in [4.78, 5) is 21.7. The van der Waals surface area contributed by atoms with Crippen LogP contribution in [0.2, 0.25) is 0 Å². The normalized spacial score (nSPS) is 10.4. The van der Waals surface area contributed by atoms with E-state index in [1.165, 1.54) is 30.5 Å². The predicted molar refractivity (Wildman–Crippen MR) is 76.0 cm³/mol. The van der Waals surface area contributed by atoms with Crippen LogP contribution in [0.3, 0.4) is 0 Å². The lowest BCUT2D eigenvalue weighted by atomic mass is 10.2. The fraction of sp³-hybridized carbons (Fsp3) is 0. The molecule has 0 aliphatic heterocycles. The van der Waals surface area contributed by atoms with Gasteiger partial charge in [-0.15, -0.1) is 0 Å². The van der Waals surface area contributed by atoms with Crippen molar-refractivity contribution >= 4 is 22.6 Å². The van der Waals surface area contributed by atoms with E-state index in [-0.39, 0.29) is 17.4 Å². The van der Waals surface area contributed by atoms with E-state index in [0.717, 1.165) is 5.39 Å². The second-order valence-electron chi connectivity index (χ2n) is 4.32. The van der Waals surface area contributed by atoms with Crippen molar-refractivity contribution < 1.29 is 23.6 Å². The van der Waals surface area contributed by atoms with Crippen LogP contribution in [0.15, 0.2) is 59.2 Å². The van der Waals surface area contributed by atoms with Crippen molar-refractivity contribution in [1.82, 2.24) is 0 Å². The molecule has 2 aromatic carbocycles. The number of fused-ring (bicyclic) bond motifs is 1. The minimum atomic E-state index is -0.992. The lowest BCUT2D eigenvalue weighted by Crippen LogP contribution is -2.13. The molecule has 0 spiro atoms. The predicted octanol–water partition coefficient (Wildman–Crippen LogP) is 3.92. The first-order valence-electron chi connectivity index (χ1n) is 6.24. The van der Waals surface area contributed by atoms with E-state index >= 15 is 0 Å². The van der Waals surface area contributed by atoms with Gasteiger partial charge >= 0.3 is 12.1 Å². The van der Waals surface area contributed by atoms with Gasteiger partial charge in [0.2, 0.25) is 0 Å². The largest absolute Gasteiger partial charge is 0.521 e. The summed E-state index contributed by atoms with van der Waals surface area (Å²) in [5, 5.41) is 12.0. The number of hydrogen-bond donors (Lipinski definition) is 0. The summed E-state index contributed by atoms with van der Waals surface area (Å²) >= 11 is 0. The fourth-order valence-corrected chi connectivity index (χ4v) is 1.87. The third-order valence-electron chi connectivity index (χ3n) is 2.90. The lowest BCUT2D eigenvalue weighted by Gasteiger charge is -2.03. The van der Waals surface area contributed by atoms with Crippen molar-refractivity contribution in [3.63, 3.8) is 0 Å². The quantitative estimate of drug-likeness (QED) is 0.315. The van der Waals surface area contributed by atoms with Gasteiger partial charge in [-0.2, -0.15) is 0 Å². The van der Waals surface area contributed by atoms with Crippen molar-refractivity contribution in [1.29, 1.82) is 0 Å². The number of carbonyl (C=O) groups is 1. The zero-order chi connectivity index (χ0) is 15.5. The molecule has 0 aliphatic rings. The minimum Gasteiger partial charge on any atom is -0.433 e. The zero-order valence-electron chi connectivity index (χ0n) is 11.1. The van der Waals surface area contributed by atoms with Gasteiger partial charge in [-0.1, -0.05) is 18.2 Å². The molecule has 0 unspecified atom stereocenters. The molecular formula is C15H9NO6. The van der Waals surface area contributed by atoms with Gasteiger partial charge in [0, 0.05) is 17.5 Å². The number of nitrogens with zero attached hydrogens (tertiary/aromatic N) is 1. The van der Waals surface area contributed by atoms with E-state index in [0.29, 0.717) is 5.39 Å². The molecule has 7 heteroatoms. The van der Waals surface area contributed by atoms with Crippen LogP contribution >= 0.6 is 0 Å². The first kappa shape index (κ1) is 13.6. The molecule has 1 aromatic heterocycles. The van der Waals surface area contributed by atoms with Crippen molar-refractivity contribution in [2.45, 2.75) is 0 Å². The number of nitro groups is 1. The highest BCUT2D eigenvalue weighted by Crippen LogP contribution is 2.28. The van der Waals surface area contributed by atoms with Crippen molar-refractivity contribution in [2.24, 2.45) is 0 Å². The number of rotatable bonds is 3. The van der Waals surface area contributed by atoms with E-state index in [2.05, 4.69) is 0 Å². The number of ether oxygens (including phenoxy) is 2. The molecule has 0 N–H and O–H groups in total. The maximum atomic E-state index is 11.7. The third-order valence-corrected chi connectivity index (χ3v) is 2.90. The topological polar surface area (TPSA) is 91.8 Å². The van der Waals surface area contributed by atoms with Crippen LogP contribution in [-0.2, 0) is 0 Å². The Morgan fingerprint density at radius 2 is 1.77 bits per heavy atom. The Balaban J connectivity index is 1.71. The molecule has 1 heterocycles. The third kappa shape index (κ3) is 2.73. The average molecular weight is 299 g/mol. The molecule has 3 aromatic rings. The molecule has 0 fully saturated rings. The van der Waals surface area contributed by atoms with Gasteiger partial charge in [0.15, 0.2) is 0 Å². The van der Waals surface area contributed by atoms with Gasteiger partial charge in [0.05, 0.1) is 10.3 Å². The molecule has 110 valence electrons. The number of hydrogen-bond acceptors (Lipinski definition) is 6. The van der Waals surface area contributed by atoms with Gasteiger partial charge in [0.25, 0.3) is 5.69 Å². The highest BCUT2D eigenvalue weighted by molar-refractivity contribution is 5.87. The van der Waals surface area contributed by atoms with Crippen LogP contribution in [0.1, 0.15) is 0 Å². The van der Waals surface area contributed by atoms with Crippen molar-refractivity contribution in [2.75, 3.05) is 0 Å². The van der Waals surface area contributed by atoms with Crippen LogP contribution in [-0.4, -0.2) is 11.1 Å². The van der Waals surface area contributed by atoms with Crippen LogP contribution < -0.4 is 9.47 Å². The fourth-order valence-electron chi connectivity index (χ4n) is 1.87. The maximum absolute atomic E-state index is 11.7. The second-order valence-corrected chi connectivity index (χ2v) is 4.32. The molecule has 7 nitrogen and oxygen atoms in total. The van der Waals surface area contributed by atoms with Gasteiger partial charge in [-0.25, -0.2) is 4.79 Å². The monoisotopic (exact) mass is 299 g/mol. The first-order valence-corrected chi connectivity index (χ1v) is 6.24. The first-order chi connectivity index (χ1) is 10.6. The molecule has 0 amide bonds. The zero-order valence-corrected chi connectivity index (χ0v) is 11.1. The number of benzene rings is 2. The van der Waals surface area contributed by atoms with Gasteiger partial charge in [-0.05, 0) is 18.2 Å². The highest BCUT2D eigenvalue weighted by atomic mass is 16.8. The Kier molecular flexibility index (Phi) is 3.45. The molecule has 22 heavy (non-hydrogen) atoms. The standard InChI is InChI=1S/C15H9NO6/c17-15(21-12-7-5-11(6-8-12)16(18)19)22-14-13-4-2-1-3-10(13)9-20-14/h1-9H. The van der Waals surface area contributed by atoms with Crippen LogP contribution in [0, 0.1) is 10.1 Å². The summed E-state index contributed by atoms with van der Waals surface area (Å²) in [6.45, 7) is 0. The minimum absolute atomic E-state index is 0.0301. The highest BCUT2D eigenvalue weighted by Gasteiger charge is 2.14. The summed E-state index contributed by atoms with van der Waals surface area (Å²) in [6.07, 6.45) is 0.470. The van der Waals surface area contributed by atoms with Gasteiger partial charge in [-0.3, -0.25) is 10.1 Å². The second kappa shape index (κ2) is 5.57. The number of non-ortho nitro benzene ring substituents is 1. The summed E-state index contributed by atoms with van der Waals surface area (Å²) in [7, 11) is 0. The lowest BCUT2D eigenvalue weighted by molar-refractivity contribution is -0.384.